The molecule has 4 rings (SSSR count). The van der Waals surface area contributed by atoms with Gasteiger partial charge >= 0.3 is 0 Å². The zero-order chi connectivity index (χ0) is 15.6. The summed E-state index contributed by atoms with van der Waals surface area (Å²) < 4.78 is 2.13. The van der Waals surface area contributed by atoms with E-state index in [0.29, 0.717) is 0 Å². The van der Waals surface area contributed by atoms with Gasteiger partial charge in [0.05, 0.1) is 17.1 Å². The molecule has 4 nitrogen and oxygen atoms in total. The van der Waals surface area contributed by atoms with Crippen LogP contribution in [0.4, 0.5) is 0 Å². The molecule has 0 aliphatic rings. The first-order chi connectivity index (χ1) is 11.3. The van der Waals surface area contributed by atoms with Crippen LogP contribution in [0.25, 0.3) is 16.7 Å². The summed E-state index contributed by atoms with van der Waals surface area (Å²) in [6, 6.07) is 21.8. The Balaban J connectivity index is 1.96. The molecule has 0 bridgehead atoms. The van der Waals surface area contributed by atoms with E-state index in [-0.39, 0.29) is 6.04 Å². The molecule has 2 heterocycles. The number of nitrogens with zero attached hydrogens (tertiary/aromatic N) is 3. The van der Waals surface area contributed by atoms with Crippen molar-refractivity contribution >= 4 is 11.0 Å². The first kappa shape index (κ1) is 13.7. The van der Waals surface area contributed by atoms with E-state index in [1.165, 1.54) is 0 Å². The molecule has 0 aliphatic carbocycles. The molecule has 0 fully saturated rings. The zero-order valence-electron chi connectivity index (χ0n) is 12.5. The van der Waals surface area contributed by atoms with Crippen LogP contribution in [0.3, 0.4) is 0 Å². The molecule has 4 aromatic rings. The second-order valence-corrected chi connectivity index (χ2v) is 5.39. The highest BCUT2D eigenvalue weighted by Crippen LogP contribution is 2.27. The first-order valence-corrected chi connectivity index (χ1v) is 7.53. The van der Waals surface area contributed by atoms with Crippen LogP contribution in [0, 0.1) is 0 Å². The second-order valence-electron chi connectivity index (χ2n) is 5.39. The van der Waals surface area contributed by atoms with E-state index < -0.39 is 0 Å². The molecule has 2 N–H and O–H groups in total. The Bertz CT molecular complexity index is 929. The molecule has 1 unspecified atom stereocenters. The Hall–Kier alpha value is -2.98. The molecule has 0 saturated carbocycles. The third-order valence-electron chi connectivity index (χ3n) is 3.94. The molecular formula is C19H16N4. The van der Waals surface area contributed by atoms with E-state index in [1.54, 1.807) is 12.4 Å². The van der Waals surface area contributed by atoms with E-state index >= 15 is 0 Å². The van der Waals surface area contributed by atoms with Gasteiger partial charge in [-0.3, -0.25) is 9.55 Å². The summed E-state index contributed by atoms with van der Waals surface area (Å²) in [6.45, 7) is 0. The molecule has 23 heavy (non-hydrogen) atoms. The van der Waals surface area contributed by atoms with Gasteiger partial charge in [0.15, 0.2) is 0 Å². The smallest absolute Gasteiger partial charge is 0.136 e. The maximum Gasteiger partial charge on any atom is 0.136 e. The fraction of sp³-hybridized carbons (Fsp3) is 0.0526. The number of hydrogen-bond donors (Lipinski definition) is 1. The fourth-order valence-electron chi connectivity index (χ4n) is 2.82. The number of aromatic nitrogens is 3. The van der Waals surface area contributed by atoms with Crippen LogP contribution in [0.5, 0.6) is 0 Å². The van der Waals surface area contributed by atoms with Crippen LogP contribution in [0.1, 0.15) is 17.4 Å². The predicted molar refractivity (Wildman–Crippen MR) is 91.3 cm³/mol. The minimum atomic E-state index is -0.314. The van der Waals surface area contributed by atoms with E-state index in [2.05, 4.69) is 27.8 Å². The SMILES string of the molecule is NC(c1ccncc1)c1nc2ccccc2n1-c1ccccc1. The van der Waals surface area contributed by atoms with Crippen LogP contribution in [0.2, 0.25) is 0 Å². The van der Waals surface area contributed by atoms with Crippen molar-refractivity contribution in [2.75, 3.05) is 0 Å². The molecular weight excluding hydrogens is 284 g/mol. The van der Waals surface area contributed by atoms with Gasteiger partial charge in [0.25, 0.3) is 0 Å². The topological polar surface area (TPSA) is 56.7 Å². The highest BCUT2D eigenvalue weighted by Gasteiger charge is 2.19. The number of fused-ring (bicyclic) bond motifs is 1. The number of imidazole rings is 1. The Kier molecular flexibility index (Phi) is 3.37. The van der Waals surface area contributed by atoms with Crippen LogP contribution in [-0.4, -0.2) is 14.5 Å². The molecule has 112 valence electrons. The number of rotatable bonds is 3. The van der Waals surface area contributed by atoms with E-state index in [9.17, 15) is 0 Å². The summed E-state index contributed by atoms with van der Waals surface area (Å²) >= 11 is 0. The zero-order valence-corrected chi connectivity index (χ0v) is 12.5. The average Bonchev–Trinajstić information content (AvgIpc) is 3.02. The second kappa shape index (κ2) is 5.66. The Labute approximate surface area is 134 Å². The molecule has 0 amide bonds. The standard InChI is InChI=1S/C19H16N4/c20-18(14-10-12-21-13-11-14)19-22-16-8-4-5-9-17(16)23(19)15-6-2-1-3-7-15/h1-13,18H,20H2. The molecule has 2 aromatic carbocycles. The minimum Gasteiger partial charge on any atom is -0.318 e. The van der Waals surface area contributed by atoms with Gasteiger partial charge in [-0.05, 0) is 42.0 Å². The molecule has 0 aliphatic heterocycles. The summed E-state index contributed by atoms with van der Waals surface area (Å²) in [7, 11) is 0. The summed E-state index contributed by atoms with van der Waals surface area (Å²) in [4.78, 5) is 8.84. The Morgan fingerprint density at radius 2 is 1.52 bits per heavy atom. The van der Waals surface area contributed by atoms with Gasteiger partial charge < -0.3 is 5.73 Å². The lowest BCUT2D eigenvalue weighted by Gasteiger charge is -2.15. The monoisotopic (exact) mass is 300 g/mol. The number of benzene rings is 2. The number of pyridine rings is 1. The van der Waals surface area contributed by atoms with Crippen molar-refractivity contribution in [2.24, 2.45) is 5.73 Å². The van der Waals surface area contributed by atoms with Crippen LogP contribution >= 0.6 is 0 Å². The van der Waals surface area contributed by atoms with Crippen molar-refractivity contribution in [1.29, 1.82) is 0 Å². The van der Waals surface area contributed by atoms with Crippen molar-refractivity contribution < 1.29 is 0 Å². The number of nitrogens with two attached hydrogens (primary N) is 1. The summed E-state index contributed by atoms with van der Waals surface area (Å²) in [6.07, 6.45) is 3.51. The quantitative estimate of drug-likeness (QED) is 0.630. The van der Waals surface area contributed by atoms with Gasteiger partial charge in [0.1, 0.15) is 5.82 Å². The van der Waals surface area contributed by atoms with Gasteiger partial charge in [0, 0.05) is 18.1 Å². The first-order valence-electron chi connectivity index (χ1n) is 7.53. The number of hydrogen-bond acceptors (Lipinski definition) is 3. The van der Waals surface area contributed by atoms with E-state index in [1.807, 2.05) is 48.5 Å². The maximum absolute atomic E-state index is 6.51. The molecule has 0 radical (unpaired) electrons. The fourth-order valence-corrected chi connectivity index (χ4v) is 2.82. The van der Waals surface area contributed by atoms with Gasteiger partial charge in [0.2, 0.25) is 0 Å². The van der Waals surface area contributed by atoms with E-state index in [0.717, 1.165) is 28.1 Å². The normalized spacial score (nSPS) is 12.4. The minimum absolute atomic E-state index is 0.314. The molecule has 1 atom stereocenters. The number of para-hydroxylation sites is 3. The molecule has 0 spiro atoms. The molecule has 0 saturated heterocycles. The van der Waals surface area contributed by atoms with Gasteiger partial charge in [-0.2, -0.15) is 0 Å². The molecule has 4 heteroatoms. The van der Waals surface area contributed by atoms with Gasteiger partial charge in [-0.1, -0.05) is 30.3 Å². The van der Waals surface area contributed by atoms with Crippen molar-refractivity contribution in [3.05, 3.63) is 90.5 Å². The van der Waals surface area contributed by atoms with Crippen molar-refractivity contribution in [1.82, 2.24) is 14.5 Å². The highest BCUT2D eigenvalue weighted by molar-refractivity contribution is 5.78. The highest BCUT2D eigenvalue weighted by atomic mass is 15.1. The van der Waals surface area contributed by atoms with Crippen LogP contribution in [0.15, 0.2) is 79.1 Å². The predicted octanol–water partition coefficient (Wildman–Crippen LogP) is 3.47. The average molecular weight is 300 g/mol. The summed E-state index contributed by atoms with van der Waals surface area (Å²) in [5, 5.41) is 0. The lowest BCUT2D eigenvalue weighted by Crippen LogP contribution is -2.17. The summed E-state index contributed by atoms with van der Waals surface area (Å²) in [5.74, 6) is 0.823. The van der Waals surface area contributed by atoms with Gasteiger partial charge in [-0.15, -0.1) is 0 Å². The maximum atomic E-state index is 6.51. The lowest BCUT2D eigenvalue weighted by atomic mass is 10.1. The van der Waals surface area contributed by atoms with Crippen molar-refractivity contribution in [3.8, 4) is 5.69 Å². The van der Waals surface area contributed by atoms with Crippen molar-refractivity contribution in [2.45, 2.75) is 6.04 Å². The Morgan fingerprint density at radius 1 is 0.826 bits per heavy atom. The van der Waals surface area contributed by atoms with Crippen LogP contribution in [-0.2, 0) is 0 Å². The van der Waals surface area contributed by atoms with Crippen LogP contribution < -0.4 is 5.73 Å². The largest absolute Gasteiger partial charge is 0.318 e. The van der Waals surface area contributed by atoms with Crippen molar-refractivity contribution in [3.63, 3.8) is 0 Å². The molecule has 2 aromatic heterocycles. The third-order valence-corrected chi connectivity index (χ3v) is 3.94. The summed E-state index contributed by atoms with van der Waals surface area (Å²) in [5.41, 5.74) is 10.6. The Morgan fingerprint density at radius 3 is 2.30 bits per heavy atom. The van der Waals surface area contributed by atoms with E-state index in [4.69, 9.17) is 10.7 Å². The lowest BCUT2D eigenvalue weighted by molar-refractivity contribution is 0.765. The third kappa shape index (κ3) is 2.39. The van der Waals surface area contributed by atoms with Gasteiger partial charge in [-0.25, -0.2) is 4.98 Å².